The van der Waals surface area contributed by atoms with Gasteiger partial charge in [-0.05, 0) is 24.6 Å². The number of amides is 2. The first kappa shape index (κ1) is 14.1. The molecule has 1 aromatic carbocycles. The summed E-state index contributed by atoms with van der Waals surface area (Å²) in [6.45, 7) is 2.79. The van der Waals surface area contributed by atoms with E-state index in [1.165, 1.54) is 16.2 Å². The standard InChI is InChI=1S/C16H21N3O2/c17-8-7-12-11-18(14-4-2-1-3-13(12)14)9-10-19-15(20)5-6-16(19)21/h1-4,12H,5-11,17H2. The van der Waals surface area contributed by atoms with Gasteiger partial charge in [0.1, 0.15) is 0 Å². The van der Waals surface area contributed by atoms with Crippen molar-refractivity contribution >= 4 is 17.5 Å². The quantitative estimate of drug-likeness (QED) is 0.823. The Morgan fingerprint density at radius 3 is 2.52 bits per heavy atom. The minimum atomic E-state index is -0.0361. The molecule has 1 fully saturated rings. The molecule has 0 spiro atoms. The van der Waals surface area contributed by atoms with Crippen LogP contribution in [0.4, 0.5) is 5.69 Å². The number of anilines is 1. The lowest BCUT2D eigenvalue weighted by atomic mass is 9.98. The van der Waals surface area contributed by atoms with Crippen molar-refractivity contribution in [3.8, 4) is 0 Å². The normalized spacial score (nSPS) is 21.3. The van der Waals surface area contributed by atoms with Crippen LogP contribution in [0.2, 0.25) is 0 Å². The predicted molar refractivity (Wildman–Crippen MR) is 81.0 cm³/mol. The van der Waals surface area contributed by atoms with Gasteiger partial charge in [0.2, 0.25) is 11.8 Å². The van der Waals surface area contributed by atoms with Gasteiger partial charge >= 0.3 is 0 Å². The molecule has 5 nitrogen and oxygen atoms in total. The van der Waals surface area contributed by atoms with Crippen molar-refractivity contribution in [2.24, 2.45) is 5.73 Å². The lowest BCUT2D eigenvalue weighted by molar-refractivity contribution is -0.138. The smallest absolute Gasteiger partial charge is 0.229 e. The number of hydrogen-bond acceptors (Lipinski definition) is 4. The molecular formula is C16H21N3O2. The summed E-state index contributed by atoms with van der Waals surface area (Å²) in [6, 6.07) is 8.35. The Kier molecular flexibility index (Phi) is 3.92. The number of fused-ring (bicyclic) bond motifs is 1. The Hall–Kier alpha value is -1.88. The van der Waals surface area contributed by atoms with Gasteiger partial charge in [-0.25, -0.2) is 0 Å². The summed E-state index contributed by atoms with van der Waals surface area (Å²) in [5, 5.41) is 0. The number of benzene rings is 1. The van der Waals surface area contributed by atoms with Crippen molar-refractivity contribution in [1.29, 1.82) is 0 Å². The SMILES string of the molecule is NCCC1CN(CCN2C(=O)CCC2=O)c2ccccc21. The summed E-state index contributed by atoms with van der Waals surface area (Å²) in [5.41, 5.74) is 8.26. The third kappa shape index (κ3) is 2.65. The highest BCUT2D eigenvalue weighted by atomic mass is 16.2. The summed E-state index contributed by atoms with van der Waals surface area (Å²) in [7, 11) is 0. The summed E-state index contributed by atoms with van der Waals surface area (Å²) in [5.74, 6) is 0.383. The van der Waals surface area contributed by atoms with Gasteiger partial charge in [0.05, 0.1) is 0 Å². The van der Waals surface area contributed by atoms with Crippen molar-refractivity contribution in [3.63, 3.8) is 0 Å². The minimum absolute atomic E-state index is 0.0361. The fraction of sp³-hybridized carbons (Fsp3) is 0.500. The Labute approximate surface area is 124 Å². The van der Waals surface area contributed by atoms with Crippen molar-refractivity contribution in [2.75, 3.05) is 31.1 Å². The molecule has 112 valence electrons. The van der Waals surface area contributed by atoms with Crippen LogP contribution in [-0.2, 0) is 9.59 Å². The summed E-state index contributed by atoms with van der Waals surface area (Å²) in [6.07, 6.45) is 1.70. The van der Waals surface area contributed by atoms with E-state index in [-0.39, 0.29) is 11.8 Å². The fourth-order valence-corrected chi connectivity index (χ4v) is 3.34. The van der Waals surface area contributed by atoms with Crippen molar-refractivity contribution < 1.29 is 9.59 Å². The highest BCUT2D eigenvalue weighted by Gasteiger charge is 2.31. The van der Waals surface area contributed by atoms with E-state index < -0.39 is 0 Å². The first-order valence-electron chi connectivity index (χ1n) is 7.58. The second kappa shape index (κ2) is 5.85. The molecule has 3 rings (SSSR count). The van der Waals surface area contributed by atoms with E-state index in [0.29, 0.717) is 38.4 Å². The van der Waals surface area contributed by atoms with Crippen LogP contribution < -0.4 is 10.6 Å². The molecule has 1 aromatic rings. The molecule has 1 saturated heterocycles. The zero-order valence-corrected chi connectivity index (χ0v) is 12.1. The molecule has 0 saturated carbocycles. The van der Waals surface area contributed by atoms with Gasteiger partial charge in [0.15, 0.2) is 0 Å². The van der Waals surface area contributed by atoms with Gasteiger partial charge in [0.25, 0.3) is 0 Å². The van der Waals surface area contributed by atoms with Crippen molar-refractivity contribution in [1.82, 2.24) is 4.90 Å². The summed E-state index contributed by atoms with van der Waals surface area (Å²) < 4.78 is 0. The molecule has 1 unspecified atom stereocenters. The molecule has 2 aliphatic rings. The van der Waals surface area contributed by atoms with E-state index in [1.807, 2.05) is 6.07 Å². The maximum absolute atomic E-state index is 11.7. The number of imide groups is 1. The Morgan fingerprint density at radius 1 is 1.10 bits per heavy atom. The van der Waals surface area contributed by atoms with Gasteiger partial charge in [-0.2, -0.15) is 0 Å². The first-order chi connectivity index (χ1) is 10.2. The van der Waals surface area contributed by atoms with Crippen LogP contribution in [0.15, 0.2) is 24.3 Å². The van der Waals surface area contributed by atoms with Gasteiger partial charge in [0, 0.05) is 44.1 Å². The zero-order valence-electron chi connectivity index (χ0n) is 12.1. The molecule has 5 heteroatoms. The van der Waals surface area contributed by atoms with Crippen LogP contribution in [0.1, 0.15) is 30.7 Å². The molecular weight excluding hydrogens is 266 g/mol. The minimum Gasteiger partial charge on any atom is -0.369 e. The van der Waals surface area contributed by atoms with Crippen LogP contribution in [0.3, 0.4) is 0 Å². The third-order valence-corrected chi connectivity index (χ3v) is 4.42. The lowest BCUT2D eigenvalue weighted by Crippen LogP contribution is -2.37. The number of nitrogens with two attached hydrogens (primary N) is 1. The molecule has 21 heavy (non-hydrogen) atoms. The zero-order chi connectivity index (χ0) is 14.8. The molecule has 2 heterocycles. The summed E-state index contributed by atoms with van der Waals surface area (Å²) in [4.78, 5) is 27.0. The topological polar surface area (TPSA) is 66.6 Å². The maximum atomic E-state index is 11.7. The number of para-hydroxylation sites is 1. The van der Waals surface area contributed by atoms with Gasteiger partial charge in [-0.3, -0.25) is 14.5 Å². The molecule has 0 bridgehead atoms. The second-order valence-electron chi connectivity index (χ2n) is 5.72. The molecule has 0 aliphatic carbocycles. The van der Waals surface area contributed by atoms with Crippen LogP contribution in [0.25, 0.3) is 0 Å². The van der Waals surface area contributed by atoms with Crippen LogP contribution in [0.5, 0.6) is 0 Å². The van der Waals surface area contributed by atoms with Crippen LogP contribution >= 0.6 is 0 Å². The van der Waals surface area contributed by atoms with Gasteiger partial charge < -0.3 is 10.6 Å². The van der Waals surface area contributed by atoms with E-state index >= 15 is 0 Å². The number of nitrogens with zero attached hydrogens (tertiary/aromatic N) is 2. The largest absolute Gasteiger partial charge is 0.369 e. The summed E-state index contributed by atoms with van der Waals surface area (Å²) >= 11 is 0. The molecule has 2 N–H and O–H groups in total. The Bertz CT molecular complexity index is 542. The number of rotatable bonds is 5. The fourth-order valence-electron chi connectivity index (χ4n) is 3.34. The molecule has 1 atom stereocenters. The highest BCUT2D eigenvalue weighted by Crippen LogP contribution is 2.37. The van der Waals surface area contributed by atoms with E-state index in [2.05, 4.69) is 23.1 Å². The third-order valence-electron chi connectivity index (χ3n) is 4.42. The first-order valence-corrected chi connectivity index (χ1v) is 7.58. The van der Waals surface area contributed by atoms with Crippen LogP contribution in [-0.4, -0.2) is 42.9 Å². The van der Waals surface area contributed by atoms with Gasteiger partial charge in [-0.1, -0.05) is 18.2 Å². The maximum Gasteiger partial charge on any atom is 0.229 e. The lowest BCUT2D eigenvalue weighted by Gasteiger charge is -2.23. The van der Waals surface area contributed by atoms with Gasteiger partial charge in [-0.15, -0.1) is 0 Å². The molecule has 0 aromatic heterocycles. The average Bonchev–Trinajstić information content (AvgIpc) is 3.00. The molecule has 2 aliphatic heterocycles. The number of hydrogen-bond donors (Lipinski definition) is 1. The highest BCUT2D eigenvalue weighted by molar-refractivity contribution is 6.01. The second-order valence-corrected chi connectivity index (χ2v) is 5.72. The number of likely N-dealkylation sites (tertiary alicyclic amines) is 1. The van der Waals surface area contributed by atoms with E-state index in [4.69, 9.17) is 5.73 Å². The van der Waals surface area contributed by atoms with E-state index in [9.17, 15) is 9.59 Å². The van der Waals surface area contributed by atoms with E-state index in [1.54, 1.807) is 0 Å². The molecule has 0 radical (unpaired) electrons. The number of carbonyl (C=O) groups is 2. The van der Waals surface area contributed by atoms with Crippen LogP contribution in [0, 0.1) is 0 Å². The monoisotopic (exact) mass is 287 g/mol. The Balaban J connectivity index is 1.69. The molecule has 2 amide bonds. The average molecular weight is 287 g/mol. The number of carbonyl (C=O) groups excluding carboxylic acids is 2. The van der Waals surface area contributed by atoms with E-state index in [0.717, 1.165) is 13.0 Å². The van der Waals surface area contributed by atoms with Crippen molar-refractivity contribution in [3.05, 3.63) is 29.8 Å². The predicted octanol–water partition coefficient (Wildman–Crippen LogP) is 1.09. The van der Waals surface area contributed by atoms with Crippen molar-refractivity contribution in [2.45, 2.75) is 25.2 Å². The Morgan fingerprint density at radius 2 is 1.81 bits per heavy atom.